The van der Waals surface area contributed by atoms with Crippen molar-refractivity contribution >= 4 is 43.5 Å². The number of urea groups is 1. The maximum atomic E-state index is 13.6. The lowest BCUT2D eigenvalue weighted by atomic mass is 10.1. The van der Waals surface area contributed by atoms with Gasteiger partial charge in [-0.15, -0.1) is 0 Å². The van der Waals surface area contributed by atoms with Crippen LogP contribution in [0.5, 0.6) is 0 Å². The van der Waals surface area contributed by atoms with Gasteiger partial charge in [-0.1, -0.05) is 48.5 Å². The minimum atomic E-state index is -4.52. The summed E-state index contributed by atoms with van der Waals surface area (Å²) in [5.41, 5.74) is 0.245. The van der Waals surface area contributed by atoms with E-state index < -0.39 is 37.6 Å². The third kappa shape index (κ3) is 4.08. The van der Waals surface area contributed by atoms with Gasteiger partial charge in [-0.05, 0) is 46.1 Å². The number of nitrogens with zero attached hydrogens (tertiary/aromatic N) is 4. The summed E-state index contributed by atoms with van der Waals surface area (Å²) in [6.45, 7) is 0.0526. The van der Waals surface area contributed by atoms with Crippen molar-refractivity contribution in [2.45, 2.75) is 17.4 Å². The molecule has 1 aliphatic heterocycles. The Labute approximate surface area is 192 Å². The molecule has 2 aromatic carbocycles. The van der Waals surface area contributed by atoms with Crippen LogP contribution in [0.25, 0.3) is 0 Å². The van der Waals surface area contributed by atoms with Crippen molar-refractivity contribution in [3.05, 3.63) is 93.1 Å². The van der Waals surface area contributed by atoms with Crippen LogP contribution < -0.4 is 4.90 Å². The van der Waals surface area contributed by atoms with Crippen LogP contribution in [0, 0.1) is 10.1 Å². The smallest absolute Gasteiger partial charge is 0.275 e. The molecule has 0 aliphatic carbocycles. The van der Waals surface area contributed by atoms with Gasteiger partial charge in [0.1, 0.15) is 10.4 Å². The van der Waals surface area contributed by atoms with Gasteiger partial charge < -0.3 is 0 Å². The molecule has 0 N–H and O–H groups in total. The number of anilines is 1. The number of carbonyl (C=O) groups excluding carboxylic acids is 1. The summed E-state index contributed by atoms with van der Waals surface area (Å²) >= 11 is 3.26. The van der Waals surface area contributed by atoms with E-state index in [1.165, 1.54) is 17.0 Å². The van der Waals surface area contributed by atoms with Gasteiger partial charge in [-0.25, -0.2) is 22.5 Å². The monoisotopic (exact) mass is 516 g/mol. The molecule has 0 radical (unpaired) electrons. The lowest BCUT2D eigenvalue weighted by Gasteiger charge is -2.23. The van der Waals surface area contributed by atoms with Gasteiger partial charge in [0.2, 0.25) is 0 Å². The molecule has 164 valence electrons. The highest BCUT2D eigenvalue weighted by Gasteiger charge is 2.47. The Kier molecular flexibility index (Phi) is 5.94. The maximum absolute atomic E-state index is 13.6. The zero-order valence-corrected chi connectivity index (χ0v) is 18.9. The summed E-state index contributed by atoms with van der Waals surface area (Å²) in [6, 6.07) is 17.5. The molecule has 11 heteroatoms. The molecular weight excluding hydrogens is 500 g/mol. The fourth-order valence-electron chi connectivity index (χ4n) is 3.64. The van der Waals surface area contributed by atoms with Crippen molar-refractivity contribution in [1.82, 2.24) is 9.29 Å². The Morgan fingerprint density at radius 1 is 1.03 bits per heavy atom. The first-order chi connectivity index (χ1) is 15.3. The van der Waals surface area contributed by atoms with E-state index in [0.717, 1.165) is 22.0 Å². The average Bonchev–Trinajstić information content (AvgIpc) is 3.10. The van der Waals surface area contributed by atoms with Crippen LogP contribution >= 0.6 is 15.9 Å². The highest BCUT2D eigenvalue weighted by Crippen LogP contribution is 2.34. The molecule has 1 aliphatic rings. The zero-order chi connectivity index (χ0) is 22.9. The number of nitro groups is 1. The number of amides is 2. The van der Waals surface area contributed by atoms with E-state index in [0.29, 0.717) is 4.60 Å². The van der Waals surface area contributed by atoms with Crippen LogP contribution in [-0.2, 0) is 16.4 Å². The number of benzene rings is 2. The quantitative estimate of drug-likeness (QED) is 0.278. The lowest BCUT2D eigenvalue weighted by molar-refractivity contribution is -0.387. The van der Waals surface area contributed by atoms with E-state index >= 15 is 0 Å². The first-order valence-corrected chi connectivity index (χ1v) is 11.8. The normalized spacial score (nSPS) is 16.4. The van der Waals surface area contributed by atoms with E-state index in [-0.39, 0.29) is 18.8 Å². The molecule has 2 amide bonds. The highest BCUT2D eigenvalue weighted by atomic mass is 79.9. The molecule has 0 unspecified atom stereocenters. The molecule has 9 nitrogen and oxygen atoms in total. The number of sulfonamides is 1. The van der Waals surface area contributed by atoms with Gasteiger partial charge in [0.15, 0.2) is 4.90 Å². The van der Waals surface area contributed by atoms with Gasteiger partial charge in [0.05, 0.1) is 17.5 Å². The van der Waals surface area contributed by atoms with Crippen molar-refractivity contribution in [2.24, 2.45) is 0 Å². The predicted octanol–water partition coefficient (Wildman–Crippen LogP) is 3.99. The molecule has 1 atom stereocenters. The third-order valence-electron chi connectivity index (χ3n) is 5.03. The maximum Gasteiger partial charge on any atom is 0.340 e. The first kappa shape index (κ1) is 21.9. The number of rotatable bonds is 6. The number of carbonyl (C=O) groups is 1. The third-order valence-corrected chi connectivity index (χ3v) is 7.35. The van der Waals surface area contributed by atoms with Crippen molar-refractivity contribution in [3.63, 3.8) is 0 Å². The van der Waals surface area contributed by atoms with E-state index in [4.69, 9.17) is 0 Å². The number of pyridine rings is 1. The van der Waals surface area contributed by atoms with Crippen LogP contribution in [0.15, 0.2) is 82.3 Å². The summed E-state index contributed by atoms with van der Waals surface area (Å²) in [5.74, 6) is 0.280. The van der Waals surface area contributed by atoms with Gasteiger partial charge in [0.25, 0.3) is 15.7 Å². The van der Waals surface area contributed by atoms with Gasteiger partial charge >= 0.3 is 6.03 Å². The summed E-state index contributed by atoms with van der Waals surface area (Å²) < 4.78 is 28.3. The van der Waals surface area contributed by atoms with E-state index in [9.17, 15) is 23.3 Å². The van der Waals surface area contributed by atoms with Crippen LogP contribution in [0.1, 0.15) is 5.56 Å². The van der Waals surface area contributed by atoms with Gasteiger partial charge in [-0.3, -0.25) is 15.0 Å². The Morgan fingerprint density at radius 2 is 1.72 bits per heavy atom. The molecule has 0 spiro atoms. The Morgan fingerprint density at radius 3 is 2.41 bits per heavy atom. The fourth-order valence-corrected chi connectivity index (χ4v) is 5.68. The molecule has 32 heavy (non-hydrogen) atoms. The summed E-state index contributed by atoms with van der Waals surface area (Å²) in [4.78, 5) is 29.1. The Hall–Kier alpha value is -3.31. The number of hydrogen-bond donors (Lipinski definition) is 0. The lowest BCUT2D eigenvalue weighted by Crippen LogP contribution is -2.41. The molecular formula is C21H17BrN4O5S. The Bertz CT molecular complexity index is 1290. The Balaban J connectivity index is 1.80. The second-order valence-corrected chi connectivity index (χ2v) is 9.68. The number of halogens is 1. The molecule has 1 fully saturated rings. The minimum Gasteiger partial charge on any atom is -0.275 e. The van der Waals surface area contributed by atoms with Crippen molar-refractivity contribution in [2.75, 3.05) is 11.4 Å². The van der Waals surface area contributed by atoms with Crippen LogP contribution in [0.3, 0.4) is 0 Å². The summed E-state index contributed by atoms with van der Waals surface area (Å²) in [6.07, 6.45) is 0.247. The molecule has 3 aromatic rings. The number of para-hydroxylation sites is 1. The molecule has 1 aromatic heterocycles. The van der Waals surface area contributed by atoms with Crippen molar-refractivity contribution < 1.29 is 18.1 Å². The van der Waals surface area contributed by atoms with E-state index in [1.807, 2.05) is 30.3 Å². The average molecular weight is 517 g/mol. The summed E-state index contributed by atoms with van der Waals surface area (Å²) in [5, 5.41) is 11.5. The predicted molar refractivity (Wildman–Crippen MR) is 121 cm³/mol. The highest BCUT2D eigenvalue weighted by molar-refractivity contribution is 9.10. The standard InChI is InChI=1S/C21H17BrN4O5S/c22-19-11-6-12-20(23-19)24-14-16(13-15-7-2-1-3-8-15)25(21(24)27)32(30,31)18-10-5-4-9-17(18)26(28)29/h1-12,16H,13-14H2/t16-/m0/s1. The molecule has 0 saturated carbocycles. The van der Waals surface area contributed by atoms with Gasteiger partial charge in [-0.2, -0.15) is 0 Å². The largest absolute Gasteiger partial charge is 0.340 e. The van der Waals surface area contributed by atoms with Gasteiger partial charge in [0, 0.05) is 6.07 Å². The van der Waals surface area contributed by atoms with Crippen LogP contribution in [0.4, 0.5) is 16.3 Å². The molecule has 1 saturated heterocycles. The fraction of sp³-hybridized carbons (Fsp3) is 0.143. The topological polar surface area (TPSA) is 114 Å². The SMILES string of the molecule is O=C1N(c2cccc(Br)n2)C[C@H](Cc2ccccc2)N1S(=O)(=O)c1ccccc1[N+](=O)[O-]. The second-order valence-electron chi connectivity index (χ2n) is 7.08. The van der Waals surface area contributed by atoms with E-state index in [2.05, 4.69) is 20.9 Å². The van der Waals surface area contributed by atoms with Crippen LogP contribution in [0.2, 0.25) is 0 Å². The van der Waals surface area contributed by atoms with Crippen LogP contribution in [-0.4, -0.2) is 41.2 Å². The number of aromatic nitrogens is 1. The number of nitro benzene ring substituents is 1. The molecule has 0 bridgehead atoms. The first-order valence-electron chi connectivity index (χ1n) is 9.55. The molecule has 4 rings (SSSR count). The van der Waals surface area contributed by atoms with Crippen molar-refractivity contribution in [3.8, 4) is 0 Å². The zero-order valence-electron chi connectivity index (χ0n) is 16.5. The van der Waals surface area contributed by atoms with Crippen molar-refractivity contribution in [1.29, 1.82) is 0 Å². The number of hydrogen-bond acceptors (Lipinski definition) is 6. The summed E-state index contributed by atoms with van der Waals surface area (Å²) in [7, 11) is -4.52. The second kappa shape index (κ2) is 8.67. The van der Waals surface area contributed by atoms with E-state index in [1.54, 1.807) is 18.2 Å². The molecule has 2 heterocycles. The minimum absolute atomic E-state index is 0.0526.